The molecule has 2 aromatic heterocycles. The Morgan fingerprint density at radius 1 is 1.06 bits per heavy atom. The predicted octanol–water partition coefficient (Wildman–Crippen LogP) is 4.26. The van der Waals surface area contributed by atoms with Gasteiger partial charge in [0.25, 0.3) is 5.69 Å². The largest absolute Gasteiger partial charge is 0.419 e. The molecule has 0 fully saturated rings. The van der Waals surface area contributed by atoms with Gasteiger partial charge in [0.2, 0.25) is 5.91 Å². The normalized spacial score (nSPS) is 11.2. The molecule has 0 saturated heterocycles. The number of nitro groups is 1. The van der Waals surface area contributed by atoms with Crippen LogP contribution in [-0.2, 0) is 11.3 Å². The van der Waals surface area contributed by atoms with Crippen LogP contribution in [0.5, 0.6) is 0 Å². The van der Waals surface area contributed by atoms with Crippen LogP contribution in [0.3, 0.4) is 0 Å². The number of rotatable bonds is 7. The molecule has 170 valence electrons. The highest BCUT2D eigenvalue weighted by atomic mass is 16.6. The van der Waals surface area contributed by atoms with Crippen LogP contribution in [0.1, 0.15) is 12.8 Å². The molecule has 2 heterocycles. The van der Waals surface area contributed by atoms with Gasteiger partial charge in [0.05, 0.1) is 27.5 Å². The van der Waals surface area contributed by atoms with Crippen molar-refractivity contribution in [3.05, 3.63) is 93.7 Å². The van der Waals surface area contributed by atoms with E-state index in [-0.39, 0.29) is 30.1 Å². The second-order valence-electron chi connectivity index (χ2n) is 7.73. The second-order valence-corrected chi connectivity index (χ2v) is 7.73. The smallest absolute Gasteiger partial charge is 0.407 e. The summed E-state index contributed by atoms with van der Waals surface area (Å²) in [6.45, 7) is 0.254. The van der Waals surface area contributed by atoms with Crippen molar-refractivity contribution in [3.8, 4) is 5.69 Å². The van der Waals surface area contributed by atoms with Crippen molar-refractivity contribution in [3.63, 3.8) is 0 Å². The first-order valence-corrected chi connectivity index (χ1v) is 10.6. The Bertz CT molecular complexity index is 1580. The third-order valence-electron chi connectivity index (χ3n) is 5.53. The number of nitrogens with one attached hydrogen (secondary N) is 1. The molecular weight excluding hydrogens is 438 g/mol. The number of carbonyl (C=O) groups is 1. The molecule has 0 aliphatic heterocycles. The van der Waals surface area contributed by atoms with Crippen LogP contribution in [-0.4, -0.2) is 24.9 Å². The average Bonchev–Trinajstić information content (AvgIpc) is 3.40. The van der Waals surface area contributed by atoms with Crippen LogP contribution in [0, 0.1) is 10.1 Å². The first kappa shape index (κ1) is 21.1. The molecule has 1 amide bonds. The number of aromatic nitrogens is 3. The molecule has 0 aliphatic carbocycles. The van der Waals surface area contributed by atoms with Crippen molar-refractivity contribution in [2.45, 2.75) is 19.4 Å². The molecule has 10 nitrogen and oxygen atoms in total. The summed E-state index contributed by atoms with van der Waals surface area (Å²) in [7, 11) is 0. The zero-order valence-electron chi connectivity index (χ0n) is 17.9. The van der Waals surface area contributed by atoms with Crippen LogP contribution in [0.2, 0.25) is 0 Å². The molecule has 5 rings (SSSR count). The number of carbonyl (C=O) groups excluding carboxylic acids is 1. The van der Waals surface area contributed by atoms with Crippen molar-refractivity contribution in [1.29, 1.82) is 0 Å². The molecule has 34 heavy (non-hydrogen) atoms. The number of nitro benzene ring substituents is 1. The average molecular weight is 457 g/mol. The van der Waals surface area contributed by atoms with Crippen molar-refractivity contribution in [1.82, 2.24) is 14.1 Å². The molecule has 0 radical (unpaired) electrons. The number of hydrogen-bond donors (Lipinski definition) is 1. The number of oxazole rings is 1. The van der Waals surface area contributed by atoms with Gasteiger partial charge >= 0.3 is 5.76 Å². The number of nitrogens with zero attached hydrogens (tertiary/aromatic N) is 4. The molecule has 10 heteroatoms. The second kappa shape index (κ2) is 8.66. The molecule has 0 saturated carbocycles. The SMILES string of the molecule is O=C(CCCn1c(=O)oc2cc([N+](=O)[O-])ccc21)Nc1ccc(-n2cnc3ccccc32)cc1. The number of imidazole rings is 1. The first-order valence-electron chi connectivity index (χ1n) is 10.6. The summed E-state index contributed by atoms with van der Waals surface area (Å²) in [5.41, 5.74) is 3.95. The van der Waals surface area contributed by atoms with Gasteiger partial charge in [-0.15, -0.1) is 0 Å². The molecule has 0 spiro atoms. The Labute approximate surface area is 192 Å². The number of anilines is 1. The Balaban J connectivity index is 1.20. The van der Waals surface area contributed by atoms with Gasteiger partial charge in [-0.1, -0.05) is 12.1 Å². The highest BCUT2D eigenvalue weighted by Crippen LogP contribution is 2.21. The number of aryl methyl sites for hydroxylation is 1. The Morgan fingerprint density at radius 3 is 2.65 bits per heavy atom. The van der Waals surface area contributed by atoms with Crippen molar-refractivity contribution >= 4 is 39.4 Å². The molecule has 1 N–H and O–H groups in total. The van der Waals surface area contributed by atoms with Gasteiger partial charge in [0, 0.05) is 30.4 Å². The van der Waals surface area contributed by atoms with E-state index in [2.05, 4.69) is 10.3 Å². The molecule has 5 aromatic rings. The fourth-order valence-electron chi connectivity index (χ4n) is 3.87. The molecule has 0 aliphatic rings. The van der Waals surface area contributed by atoms with E-state index in [1.807, 2.05) is 53.1 Å². The maximum absolute atomic E-state index is 12.4. The van der Waals surface area contributed by atoms with Gasteiger partial charge in [-0.05, 0) is 48.9 Å². The van der Waals surface area contributed by atoms with Crippen LogP contribution in [0.15, 0.2) is 82.3 Å². The minimum atomic E-state index is -0.612. The fraction of sp³-hybridized carbons (Fsp3) is 0.125. The zero-order valence-corrected chi connectivity index (χ0v) is 17.9. The quantitative estimate of drug-likeness (QED) is 0.288. The Morgan fingerprint density at radius 2 is 1.85 bits per heavy atom. The fourth-order valence-corrected chi connectivity index (χ4v) is 3.87. The lowest BCUT2D eigenvalue weighted by Gasteiger charge is -2.08. The zero-order chi connectivity index (χ0) is 23.7. The van der Waals surface area contributed by atoms with E-state index in [0.717, 1.165) is 16.7 Å². The van der Waals surface area contributed by atoms with E-state index in [1.165, 1.54) is 22.8 Å². The van der Waals surface area contributed by atoms with Gasteiger partial charge in [-0.2, -0.15) is 0 Å². The van der Waals surface area contributed by atoms with Gasteiger partial charge < -0.3 is 9.73 Å². The minimum absolute atomic E-state index is 0.148. The summed E-state index contributed by atoms with van der Waals surface area (Å²) in [5, 5.41) is 13.7. The van der Waals surface area contributed by atoms with Crippen LogP contribution in [0.4, 0.5) is 11.4 Å². The lowest BCUT2D eigenvalue weighted by atomic mass is 10.2. The molecular formula is C24H19N5O5. The highest BCUT2D eigenvalue weighted by Gasteiger charge is 2.14. The number of para-hydroxylation sites is 2. The van der Waals surface area contributed by atoms with Gasteiger partial charge in [-0.3, -0.25) is 24.0 Å². The third kappa shape index (κ3) is 4.04. The first-order chi connectivity index (χ1) is 16.5. The highest BCUT2D eigenvalue weighted by molar-refractivity contribution is 5.90. The molecule has 0 bridgehead atoms. The molecule has 3 aromatic carbocycles. The van der Waals surface area contributed by atoms with E-state index in [4.69, 9.17) is 4.42 Å². The lowest BCUT2D eigenvalue weighted by molar-refractivity contribution is -0.384. The standard InChI is InChI=1S/C24H19N5O5/c30-23(6-3-13-27-21-12-11-18(29(32)33)14-22(21)34-24(27)31)26-16-7-9-17(10-8-16)28-15-25-19-4-1-2-5-20(19)28/h1-2,4-5,7-12,14-15H,3,6,13H2,(H,26,30). The summed E-state index contributed by atoms with van der Waals surface area (Å²) in [4.78, 5) is 39.2. The van der Waals surface area contributed by atoms with E-state index in [0.29, 0.717) is 17.6 Å². The van der Waals surface area contributed by atoms with Gasteiger partial charge in [-0.25, -0.2) is 9.78 Å². The number of hydrogen-bond acceptors (Lipinski definition) is 6. The van der Waals surface area contributed by atoms with Crippen LogP contribution in [0.25, 0.3) is 27.8 Å². The van der Waals surface area contributed by atoms with E-state index in [9.17, 15) is 19.7 Å². The lowest BCUT2D eigenvalue weighted by Crippen LogP contribution is -2.17. The van der Waals surface area contributed by atoms with Gasteiger partial charge in [0.15, 0.2) is 5.58 Å². The minimum Gasteiger partial charge on any atom is -0.407 e. The number of fused-ring (bicyclic) bond motifs is 2. The molecule has 0 unspecified atom stereocenters. The van der Waals surface area contributed by atoms with Crippen molar-refractivity contribution in [2.24, 2.45) is 0 Å². The Kier molecular flexibility index (Phi) is 5.38. The predicted molar refractivity (Wildman–Crippen MR) is 126 cm³/mol. The van der Waals surface area contributed by atoms with E-state index < -0.39 is 10.7 Å². The third-order valence-corrected chi connectivity index (χ3v) is 5.53. The molecule has 0 atom stereocenters. The van der Waals surface area contributed by atoms with Crippen molar-refractivity contribution < 1.29 is 14.1 Å². The maximum atomic E-state index is 12.4. The van der Waals surface area contributed by atoms with E-state index in [1.54, 1.807) is 6.33 Å². The Hall–Kier alpha value is -4.73. The summed E-state index contributed by atoms with van der Waals surface area (Å²) >= 11 is 0. The summed E-state index contributed by atoms with van der Waals surface area (Å²) in [6, 6.07) is 19.3. The number of benzene rings is 3. The van der Waals surface area contributed by atoms with Crippen LogP contribution >= 0.6 is 0 Å². The number of non-ortho nitro benzene ring substituents is 1. The van der Waals surface area contributed by atoms with E-state index >= 15 is 0 Å². The summed E-state index contributed by atoms with van der Waals surface area (Å²) in [5.74, 6) is -0.796. The van der Waals surface area contributed by atoms with Crippen LogP contribution < -0.4 is 11.1 Å². The summed E-state index contributed by atoms with van der Waals surface area (Å²) in [6.07, 6.45) is 2.36. The topological polar surface area (TPSA) is 125 Å². The summed E-state index contributed by atoms with van der Waals surface area (Å²) < 4.78 is 8.45. The maximum Gasteiger partial charge on any atom is 0.419 e. The van der Waals surface area contributed by atoms with Gasteiger partial charge in [0.1, 0.15) is 6.33 Å². The monoisotopic (exact) mass is 457 g/mol. The number of amides is 1. The van der Waals surface area contributed by atoms with Crippen molar-refractivity contribution in [2.75, 3.05) is 5.32 Å².